The number of amides is 2. The molecule has 1 fully saturated rings. The number of hydrogen-bond donors (Lipinski definition) is 0. The zero-order valence-electron chi connectivity index (χ0n) is 17.8. The van der Waals surface area contributed by atoms with Crippen molar-refractivity contribution in [2.45, 2.75) is 20.1 Å². The molecule has 4 rings (SSSR count). The molecule has 0 saturated carbocycles. The van der Waals surface area contributed by atoms with Crippen LogP contribution in [0.4, 0.5) is 10.5 Å². The van der Waals surface area contributed by atoms with Crippen LogP contribution in [0.15, 0.2) is 77.7 Å². The van der Waals surface area contributed by atoms with Gasteiger partial charge in [0.05, 0.1) is 16.4 Å². The molecule has 0 N–H and O–H groups in total. The summed E-state index contributed by atoms with van der Waals surface area (Å²) in [5.74, 6) is 0.0983. The van der Waals surface area contributed by atoms with Gasteiger partial charge in [0.15, 0.2) is 0 Å². The van der Waals surface area contributed by atoms with Crippen molar-refractivity contribution in [2.24, 2.45) is 0 Å². The monoisotopic (exact) mass is 460 g/mol. The molecule has 0 radical (unpaired) electrons. The van der Waals surface area contributed by atoms with Crippen LogP contribution in [0.3, 0.4) is 0 Å². The molecule has 0 bridgehead atoms. The van der Waals surface area contributed by atoms with E-state index < -0.39 is 16.1 Å². The lowest BCUT2D eigenvalue weighted by Gasteiger charge is -2.12. The standard InChI is InChI=1S/C25H20N2O5S/c1-17-7-6-8-18(13-17)16-32-22-12-5-3-9-19(22)14-23-24(28)26(25(29)33-23)15-20-10-2-4-11-21(20)27(30)31/h2-14H,15-16H2,1H3/b23-14-. The summed E-state index contributed by atoms with van der Waals surface area (Å²) in [6.45, 7) is 2.22. The number of hydrogen-bond acceptors (Lipinski definition) is 6. The van der Waals surface area contributed by atoms with Gasteiger partial charge in [0, 0.05) is 17.2 Å². The third-order valence-electron chi connectivity index (χ3n) is 5.07. The fraction of sp³-hybridized carbons (Fsp3) is 0.120. The van der Waals surface area contributed by atoms with Gasteiger partial charge in [0.25, 0.3) is 16.8 Å². The Balaban J connectivity index is 1.54. The van der Waals surface area contributed by atoms with Gasteiger partial charge in [0.2, 0.25) is 0 Å². The quantitative estimate of drug-likeness (QED) is 0.255. The third kappa shape index (κ3) is 5.12. The topological polar surface area (TPSA) is 89.8 Å². The fourth-order valence-corrected chi connectivity index (χ4v) is 4.29. The second-order valence-corrected chi connectivity index (χ2v) is 8.46. The van der Waals surface area contributed by atoms with Crippen LogP contribution in [-0.2, 0) is 17.9 Å². The summed E-state index contributed by atoms with van der Waals surface area (Å²) >= 11 is 0.808. The smallest absolute Gasteiger partial charge is 0.293 e. The van der Waals surface area contributed by atoms with Gasteiger partial charge in [-0.1, -0.05) is 66.2 Å². The first-order chi connectivity index (χ1) is 15.9. The van der Waals surface area contributed by atoms with E-state index in [9.17, 15) is 19.7 Å². The Bertz CT molecular complexity index is 1270. The molecule has 33 heavy (non-hydrogen) atoms. The van der Waals surface area contributed by atoms with E-state index in [2.05, 4.69) is 0 Å². The average molecular weight is 461 g/mol. The van der Waals surface area contributed by atoms with Gasteiger partial charge in [-0.05, 0) is 36.4 Å². The van der Waals surface area contributed by atoms with Crippen molar-refractivity contribution in [3.8, 4) is 5.75 Å². The van der Waals surface area contributed by atoms with Crippen molar-refractivity contribution >= 4 is 34.7 Å². The Kier molecular flexibility index (Phi) is 6.55. The van der Waals surface area contributed by atoms with Crippen molar-refractivity contribution in [2.75, 3.05) is 0 Å². The number of benzene rings is 3. The number of imide groups is 1. The lowest BCUT2D eigenvalue weighted by atomic mass is 10.1. The highest BCUT2D eigenvalue weighted by Crippen LogP contribution is 2.35. The van der Waals surface area contributed by atoms with Gasteiger partial charge in [-0.15, -0.1) is 0 Å². The van der Waals surface area contributed by atoms with Crippen LogP contribution in [0.2, 0.25) is 0 Å². The Morgan fingerprint density at radius 2 is 1.79 bits per heavy atom. The maximum Gasteiger partial charge on any atom is 0.293 e. The number of carbonyl (C=O) groups is 2. The average Bonchev–Trinajstić information content (AvgIpc) is 3.06. The highest BCUT2D eigenvalue weighted by atomic mass is 32.2. The summed E-state index contributed by atoms with van der Waals surface area (Å²) in [6.07, 6.45) is 1.62. The van der Waals surface area contributed by atoms with Crippen molar-refractivity contribution in [1.82, 2.24) is 4.90 Å². The van der Waals surface area contributed by atoms with E-state index in [4.69, 9.17) is 4.74 Å². The summed E-state index contributed by atoms with van der Waals surface area (Å²) in [7, 11) is 0. The summed E-state index contributed by atoms with van der Waals surface area (Å²) < 4.78 is 5.98. The number of nitro benzene ring substituents is 1. The van der Waals surface area contributed by atoms with Crippen molar-refractivity contribution < 1.29 is 19.2 Å². The van der Waals surface area contributed by atoms with Gasteiger partial charge in [-0.25, -0.2) is 0 Å². The van der Waals surface area contributed by atoms with Crippen molar-refractivity contribution in [3.05, 3.63) is 110 Å². The third-order valence-corrected chi connectivity index (χ3v) is 5.98. The van der Waals surface area contributed by atoms with Gasteiger partial charge >= 0.3 is 0 Å². The molecule has 0 atom stereocenters. The predicted octanol–water partition coefficient (Wildman–Crippen LogP) is 5.72. The molecular weight excluding hydrogens is 440 g/mol. The van der Waals surface area contributed by atoms with Crippen LogP contribution in [0, 0.1) is 17.0 Å². The molecule has 8 heteroatoms. The summed E-state index contributed by atoms with van der Waals surface area (Å²) in [4.78, 5) is 37.5. The summed E-state index contributed by atoms with van der Waals surface area (Å²) in [6, 6.07) is 21.3. The maximum atomic E-state index is 12.9. The van der Waals surface area contributed by atoms with E-state index in [1.807, 2.05) is 49.4 Å². The van der Waals surface area contributed by atoms with Crippen molar-refractivity contribution in [1.29, 1.82) is 0 Å². The number of thioether (sulfide) groups is 1. The minimum atomic E-state index is -0.522. The number of nitrogens with zero attached hydrogens (tertiary/aromatic N) is 2. The SMILES string of the molecule is Cc1cccc(COc2ccccc2/C=C2\SC(=O)N(Cc3ccccc3[N+](=O)[O-])C2=O)c1. The molecule has 1 aliphatic heterocycles. The number of para-hydroxylation sites is 2. The molecule has 0 aromatic heterocycles. The molecule has 1 saturated heterocycles. The van der Waals surface area contributed by atoms with Crippen LogP contribution >= 0.6 is 11.8 Å². The van der Waals surface area contributed by atoms with E-state index in [0.717, 1.165) is 27.8 Å². The second-order valence-electron chi connectivity index (χ2n) is 7.47. The molecule has 3 aromatic carbocycles. The summed E-state index contributed by atoms with van der Waals surface area (Å²) in [5, 5.41) is 10.8. The van der Waals surface area contributed by atoms with Gasteiger partial charge < -0.3 is 4.74 Å². The van der Waals surface area contributed by atoms with E-state index >= 15 is 0 Å². The molecule has 2 amide bonds. The van der Waals surface area contributed by atoms with Gasteiger partial charge in [0.1, 0.15) is 12.4 Å². The molecule has 1 aliphatic rings. The Morgan fingerprint density at radius 3 is 2.58 bits per heavy atom. The molecule has 0 spiro atoms. The Hall–Kier alpha value is -3.91. The highest BCUT2D eigenvalue weighted by molar-refractivity contribution is 8.18. The number of carbonyl (C=O) groups excluding carboxylic acids is 2. The second kappa shape index (κ2) is 9.70. The van der Waals surface area contributed by atoms with Crippen LogP contribution < -0.4 is 4.74 Å². The number of ether oxygens (including phenoxy) is 1. The first kappa shape index (κ1) is 22.3. The van der Waals surface area contributed by atoms with E-state index in [1.54, 1.807) is 30.3 Å². The first-order valence-electron chi connectivity index (χ1n) is 10.2. The number of rotatable bonds is 7. The first-order valence-corrected chi connectivity index (χ1v) is 11.0. The van der Waals surface area contributed by atoms with Crippen LogP contribution in [0.5, 0.6) is 5.75 Å². The number of nitro groups is 1. The zero-order valence-corrected chi connectivity index (χ0v) is 18.6. The Morgan fingerprint density at radius 1 is 1.03 bits per heavy atom. The maximum absolute atomic E-state index is 12.9. The van der Waals surface area contributed by atoms with Crippen LogP contribution in [0.1, 0.15) is 22.3 Å². The normalized spacial score (nSPS) is 14.7. The molecule has 3 aromatic rings. The zero-order chi connectivity index (χ0) is 23.4. The van der Waals surface area contributed by atoms with Gasteiger partial charge in [-0.3, -0.25) is 24.6 Å². The lowest BCUT2D eigenvalue weighted by Crippen LogP contribution is -2.27. The van der Waals surface area contributed by atoms with E-state index in [1.165, 1.54) is 6.07 Å². The fourth-order valence-electron chi connectivity index (χ4n) is 3.46. The molecule has 0 aliphatic carbocycles. The minimum absolute atomic E-state index is 0.129. The van der Waals surface area contributed by atoms with E-state index in [-0.39, 0.29) is 17.1 Å². The molecule has 1 heterocycles. The summed E-state index contributed by atoms with van der Waals surface area (Å²) in [5.41, 5.74) is 3.00. The molecule has 166 valence electrons. The molecular formula is C25H20N2O5S. The lowest BCUT2D eigenvalue weighted by molar-refractivity contribution is -0.385. The molecule has 7 nitrogen and oxygen atoms in total. The largest absolute Gasteiger partial charge is 0.488 e. The Labute approximate surface area is 194 Å². The highest BCUT2D eigenvalue weighted by Gasteiger charge is 2.36. The predicted molar refractivity (Wildman–Crippen MR) is 127 cm³/mol. The van der Waals surface area contributed by atoms with Crippen LogP contribution in [-0.4, -0.2) is 21.0 Å². The minimum Gasteiger partial charge on any atom is -0.488 e. The number of aryl methyl sites for hydroxylation is 1. The van der Waals surface area contributed by atoms with Gasteiger partial charge in [-0.2, -0.15) is 0 Å². The molecule has 0 unspecified atom stereocenters. The van der Waals surface area contributed by atoms with E-state index in [0.29, 0.717) is 23.5 Å². The van der Waals surface area contributed by atoms with Crippen molar-refractivity contribution in [3.63, 3.8) is 0 Å². The van der Waals surface area contributed by atoms with Crippen LogP contribution in [0.25, 0.3) is 6.08 Å².